The Labute approximate surface area is 196 Å². The fourth-order valence-corrected chi connectivity index (χ4v) is 3.23. The molecular formula is C22H32IN7. The summed E-state index contributed by atoms with van der Waals surface area (Å²) in [6, 6.07) is 14.4. The van der Waals surface area contributed by atoms with Crippen LogP contribution in [-0.2, 0) is 19.6 Å². The number of nitrogens with one attached hydrogen (secondary N) is 2. The lowest BCUT2D eigenvalue weighted by Crippen LogP contribution is -2.37. The van der Waals surface area contributed by atoms with Gasteiger partial charge in [0, 0.05) is 19.3 Å². The minimum absolute atomic E-state index is 0. The van der Waals surface area contributed by atoms with Gasteiger partial charge in [0.15, 0.2) is 17.4 Å². The van der Waals surface area contributed by atoms with Gasteiger partial charge in [-0.15, -0.1) is 34.2 Å². The Morgan fingerprint density at radius 2 is 1.70 bits per heavy atom. The number of hydrogen-bond acceptors (Lipinski definition) is 4. The second-order valence-electron chi connectivity index (χ2n) is 6.82. The van der Waals surface area contributed by atoms with Crippen LogP contribution in [-0.4, -0.2) is 45.1 Å². The van der Waals surface area contributed by atoms with Gasteiger partial charge < -0.3 is 10.6 Å². The summed E-state index contributed by atoms with van der Waals surface area (Å²) in [4.78, 5) is 7.22. The van der Waals surface area contributed by atoms with Crippen molar-refractivity contribution in [1.29, 1.82) is 0 Å². The maximum Gasteiger partial charge on any atom is 0.191 e. The van der Waals surface area contributed by atoms with E-state index in [-0.39, 0.29) is 24.0 Å². The van der Waals surface area contributed by atoms with E-state index in [1.165, 1.54) is 11.1 Å². The maximum atomic E-state index is 4.80. The van der Waals surface area contributed by atoms with E-state index in [9.17, 15) is 0 Å². The van der Waals surface area contributed by atoms with E-state index in [1.54, 1.807) is 0 Å². The minimum Gasteiger partial charge on any atom is -0.357 e. The van der Waals surface area contributed by atoms with E-state index in [2.05, 4.69) is 70.8 Å². The smallest absolute Gasteiger partial charge is 0.191 e. The van der Waals surface area contributed by atoms with Crippen molar-refractivity contribution in [3.05, 3.63) is 65.6 Å². The number of fused-ring (bicyclic) bond motifs is 1. The van der Waals surface area contributed by atoms with Crippen LogP contribution in [0.1, 0.15) is 37.7 Å². The molecule has 0 aliphatic rings. The molecule has 3 rings (SSSR count). The van der Waals surface area contributed by atoms with Crippen molar-refractivity contribution in [3.8, 4) is 0 Å². The van der Waals surface area contributed by atoms with Crippen molar-refractivity contribution in [2.75, 3.05) is 19.6 Å². The van der Waals surface area contributed by atoms with Crippen molar-refractivity contribution in [2.45, 2.75) is 40.4 Å². The molecule has 1 aromatic carbocycles. The van der Waals surface area contributed by atoms with Gasteiger partial charge in [-0.05, 0) is 43.3 Å². The number of hydrogen-bond donors (Lipinski definition) is 2. The van der Waals surface area contributed by atoms with Gasteiger partial charge in [-0.1, -0.05) is 44.2 Å². The van der Waals surface area contributed by atoms with Crippen LogP contribution in [0.25, 0.3) is 5.65 Å². The number of benzene rings is 1. The van der Waals surface area contributed by atoms with Gasteiger partial charge in [-0.2, -0.15) is 0 Å². The molecule has 0 fully saturated rings. The zero-order valence-electron chi connectivity index (χ0n) is 18.0. The number of aliphatic imine (C=N–C) groups is 1. The number of halogens is 1. The SMILES string of the molecule is CCNC(=NCc1ccccc1CN(CC)CC)NCc1nnc2ccccn12.I. The van der Waals surface area contributed by atoms with Crippen molar-refractivity contribution >= 4 is 35.6 Å². The highest BCUT2D eigenvalue weighted by Gasteiger charge is 2.08. The molecular weight excluding hydrogens is 489 g/mol. The molecule has 2 heterocycles. The van der Waals surface area contributed by atoms with Gasteiger partial charge in [0.2, 0.25) is 0 Å². The van der Waals surface area contributed by atoms with Crippen molar-refractivity contribution in [1.82, 2.24) is 30.1 Å². The molecule has 2 aromatic heterocycles. The summed E-state index contributed by atoms with van der Waals surface area (Å²) in [6.07, 6.45) is 1.97. The monoisotopic (exact) mass is 521 g/mol. The quantitative estimate of drug-likeness (QED) is 0.257. The Morgan fingerprint density at radius 3 is 2.43 bits per heavy atom. The molecule has 0 spiro atoms. The molecule has 0 bridgehead atoms. The highest BCUT2D eigenvalue weighted by Crippen LogP contribution is 2.13. The third-order valence-electron chi connectivity index (χ3n) is 4.96. The summed E-state index contributed by atoms with van der Waals surface area (Å²) in [7, 11) is 0. The Hall–Kier alpha value is -2.20. The molecule has 3 aromatic rings. The number of rotatable bonds is 9. The van der Waals surface area contributed by atoms with Gasteiger partial charge in [0.05, 0.1) is 13.1 Å². The molecule has 0 saturated carbocycles. The van der Waals surface area contributed by atoms with Gasteiger partial charge in [0.1, 0.15) is 0 Å². The molecule has 0 atom stereocenters. The first-order chi connectivity index (χ1) is 14.2. The largest absolute Gasteiger partial charge is 0.357 e. The summed E-state index contributed by atoms with van der Waals surface area (Å²) >= 11 is 0. The van der Waals surface area contributed by atoms with Crippen LogP contribution in [0.4, 0.5) is 0 Å². The first kappa shape index (κ1) is 24.1. The second-order valence-corrected chi connectivity index (χ2v) is 6.82. The standard InChI is InChI=1S/C22H31N7.HI/c1-4-23-22(25-16-21-27-26-20-13-9-10-14-29(20)21)24-15-18-11-7-8-12-19(18)17-28(5-2)6-3;/h7-14H,4-6,15-17H2,1-3H3,(H2,23,24,25);1H. The normalized spacial score (nSPS) is 11.5. The predicted octanol–water partition coefficient (Wildman–Crippen LogP) is 3.44. The zero-order chi connectivity index (χ0) is 20.5. The zero-order valence-corrected chi connectivity index (χ0v) is 20.3. The summed E-state index contributed by atoms with van der Waals surface area (Å²) in [6.45, 7) is 11.5. The highest BCUT2D eigenvalue weighted by atomic mass is 127. The summed E-state index contributed by atoms with van der Waals surface area (Å²) in [5.41, 5.74) is 3.43. The average molecular weight is 521 g/mol. The van der Waals surface area contributed by atoms with Crippen molar-refractivity contribution in [3.63, 3.8) is 0 Å². The molecule has 8 heteroatoms. The average Bonchev–Trinajstić information content (AvgIpc) is 3.18. The van der Waals surface area contributed by atoms with Crippen LogP contribution in [0.5, 0.6) is 0 Å². The van der Waals surface area contributed by atoms with Crippen LogP contribution in [0.15, 0.2) is 53.7 Å². The molecule has 0 aliphatic heterocycles. The van der Waals surface area contributed by atoms with Crippen LogP contribution in [0.3, 0.4) is 0 Å². The molecule has 0 aliphatic carbocycles. The fraction of sp³-hybridized carbons (Fsp3) is 0.409. The van der Waals surface area contributed by atoms with Crippen LogP contribution >= 0.6 is 24.0 Å². The minimum atomic E-state index is 0. The molecule has 0 radical (unpaired) electrons. The summed E-state index contributed by atoms with van der Waals surface area (Å²) in [5, 5.41) is 15.2. The van der Waals surface area contributed by atoms with E-state index in [4.69, 9.17) is 4.99 Å². The van der Waals surface area contributed by atoms with Gasteiger partial charge >= 0.3 is 0 Å². The maximum absolute atomic E-state index is 4.80. The lowest BCUT2D eigenvalue weighted by atomic mass is 10.1. The Balaban J connectivity index is 0.00000320. The molecule has 7 nitrogen and oxygen atoms in total. The van der Waals surface area contributed by atoms with E-state index < -0.39 is 0 Å². The van der Waals surface area contributed by atoms with E-state index in [0.717, 1.165) is 43.6 Å². The number of nitrogens with zero attached hydrogens (tertiary/aromatic N) is 5. The van der Waals surface area contributed by atoms with Crippen LogP contribution < -0.4 is 10.6 Å². The van der Waals surface area contributed by atoms with Crippen LogP contribution in [0.2, 0.25) is 0 Å². The number of aromatic nitrogens is 3. The molecule has 2 N–H and O–H groups in total. The van der Waals surface area contributed by atoms with Crippen molar-refractivity contribution < 1.29 is 0 Å². The molecule has 30 heavy (non-hydrogen) atoms. The molecule has 0 amide bonds. The van der Waals surface area contributed by atoms with E-state index >= 15 is 0 Å². The first-order valence-corrected chi connectivity index (χ1v) is 10.3. The summed E-state index contributed by atoms with van der Waals surface area (Å²) < 4.78 is 1.98. The van der Waals surface area contributed by atoms with Gasteiger partial charge in [0.25, 0.3) is 0 Å². The van der Waals surface area contributed by atoms with Crippen LogP contribution in [0, 0.1) is 0 Å². The Morgan fingerprint density at radius 1 is 0.967 bits per heavy atom. The van der Waals surface area contributed by atoms with E-state index in [1.807, 2.05) is 28.8 Å². The third kappa shape index (κ3) is 6.40. The number of guanidine groups is 1. The molecule has 0 saturated heterocycles. The Bertz CT molecular complexity index is 934. The lowest BCUT2D eigenvalue weighted by Gasteiger charge is -2.20. The lowest BCUT2D eigenvalue weighted by molar-refractivity contribution is 0.295. The van der Waals surface area contributed by atoms with Gasteiger partial charge in [-0.25, -0.2) is 4.99 Å². The molecule has 162 valence electrons. The Kier molecular flexibility index (Phi) is 10.0. The van der Waals surface area contributed by atoms with E-state index in [0.29, 0.717) is 13.1 Å². The first-order valence-electron chi connectivity index (χ1n) is 10.3. The fourth-order valence-electron chi connectivity index (χ4n) is 3.23. The third-order valence-corrected chi connectivity index (χ3v) is 4.96. The molecule has 0 unspecified atom stereocenters. The van der Waals surface area contributed by atoms with Crippen molar-refractivity contribution in [2.24, 2.45) is 4.99 Å². The predicted molar refractivity (Wildman–Crippen MR) is 133 cm³/mol. The second kappa shape index (κ2) is 12.5. The summed E-state index contributed by atoms with van der Waals surface area (Å²) in [5.74, 6) is 1.63. The van der Waals surface area contributed by atoms with Gasteiger partial charge in [-0.3, -0.25) is 9.30 Å². The topological polar surface area (TPSA) is 69.8 Å². The highest BCUT2D eigenvalue weighted by molar-refractivity contribution is 14.0. The number of pyridine rings is 1.